The first-order chi connectivity index (χ1) is 12.3. The molecule has 0 fully saturated rings. The molecule has 0 aliphatic rings. The van der Waals surface area contributed by atoms with E-state index in [4.69, 9.17) is 9.47 Å². The Morgan fingerprint density at radius 3 is 2.22 bits per heavy atom. The topological polar surface area (TPSA) is 71.5 Å². The molecular weight excluding hydrogens is 387 g/mol. The van der Waals surface area contributed by atoms with E-state index in [1.807, 2.05) is 0 Å². The van der Waals surface area contributed by atoms with E-state index in [0.717, 1.165) is 6.07 Å². The van der Waals surface area contributed by atoms with Crippen molar-refractivity contribution in [1.29, 1.82) is 0 Å². The van der Waals surface area contributed by atoms with Crippen molar-refractivity contribution in [3.63, 3.8) is 0 Å². The molecule has 144 valence electrons. The molecule has 0 aliphatic carbocycles. The molecule has 0 amide bonds. The summed E-state index contributed by atoms with van der Waals surface area (Å²) in [6.45, 7) is 0. The van der Waals surface area contributed by atoms with Gasteiger partial charge in [-0.1, -0.05) is 18.2 Å². The van der Waals surface area contributed by atoms with E-state index in [1.165, 1.54) is 44.6 Å². The van der Waals surface area contributed by atoms with Gasteiger partial charge >= 0.3 is 6.18 Å². The van der Waals surface area contributed by atoms with Gasteiger partial charge in [0.2, 0.25) is 5.43 Å². The van der Waals surface area contributed by atoms with Crippen LogP contribution in [-0.4, -0.2) is 24.3 Å². The molecule has 0 saturated heterocycles. The van der Waals surface area contributed by atoms with Crippen molar-refractivity contribution in [2.75, 3.05) is 14.2 Å². The van der Waals surface area contributed by atoms with E-state index >= 15 is 0 Å². The number of aromatic hydroxyl groups is 1. The van der Waals surface area contributed by atoms with Crippen LogP contribution in [-0.2, 0) is 6.18 Å². The van der Waals surface area contributed by atoms with Crippen molar-refractivity contribution in [1.82, 2.24) is 4.98 Å². The standard InChI is InChI=1S/C18H14F3NO4.ClH/c1-25-13-7-10-12(8-14(13)26-2)22-15(17(24)16(10)23)9-5-3-4-6-11(9)18(19,20)21;/h3-8,24H,1-2H3,(H,22,23);1H. The van der Waals surface area contributed by atoms with Crippen molar-refractivity contribution in [2.24, 2.45) is 0 Å². The van der Waals surface area contributed by atoms with E-state index in [1.54, 1.807) is 0 Å². The van der Waals surface area contributed by atoms with Crippen molar-refractivity contribution in [2.45, 2.75) is 6.18 Å². The summed E-state index contributed by atoms with van der Waals surface area (Å²) in [5, 5.41) is 10.3. The Morgan fingerprint density at radius 2 is 1.63 bits per heavy atom. The minimum atomic E-state index is -4.65. The smallest absolute Gasteiger partial charge is 0.417 e. The monoisotopic (exact) mass is 401 g/mol. The molecule has 0 unspecified atom stereocenters. The van der Waals surface area contributed by atoms with E-state index in [2.05, 4.69) is 4.98 Å². The van der Waals surface area contributed by atoms with Crippen LogP contribution in [0.5, 0.6) is 17.2 Å². The Hall–Kier alpha value is -2.87. The number of H-pyrrole nitrogens is 1. The second-order valence-corrected chi connectivity index (χ2v) is 5.47. The van der Waals surface area contributed by atoms with Crippen molar-refractivity contribution >= 4 is 23.3 Å². The third kappa shape index (κ3) is 3.52. The van der Waals surface area contributed by atoms with Crippen LogP contribution in [0.15, 0.2) is 41.2 Å². The molecule has 0 spiro atoms. The van der Waals surface area contributed by atoms with Crippen molar-refractivity contribution in [3.05, 3.63) is 52.2 Å². The number of rotatable bonds is 3. The second kappa shape index (κ2) is 7.40. The number of ether oxygens (including phenoxy) is 2. The molecule has 3 rings (SSSR count). The molecule has 0 bridgehead atoms. The minimum Gasteiger partial charge on any atom is -0.503 e. The summed E-state index contributed by atoms with van der Waals surface area (Å²) in [4.78, 5) is 15.2. The zero-order valence-electron chi connectivity index (χ0n) is 14.2. The number of hydrogen-bond acceptors (Lipinski definition) is 4. The number of benzene rings is 2. The van der Waals surface area contributed by atoms with Gasteiger partial charge in [-0.05, 0) is 12.1 Å². The first kappa shape index (κ1) is 20.4. The van der Waals surface area contributed by atoms with E-state index < -0.39 is 22.9 Å². The molecule has 2 aromatic carbocycles. The van der Waals surface area contributed by atoms with Gasteiger partial charge in [-0.2, -0.15) is 13.2 Å². The molecule has 27 heavy (non-hydrogen) atoms. The maximum atomic E-state index is 13.3. The molecule has 1 aromatic heterocycles. The van der Waals surface area contributed by atoms with Crippen molar-refractivity contribution < 1.29 is 27.8 Å². The summed E-state index contributed by atoms with van der Waals surface area (Å²) in [7, 11) is 2.77. The molecule has 0 atom stereocenters. The Bertz CT molecular complexity index is 1050. The van der Waals surface area contributed by atoms with Gasteiger partial charge in [0.05, 0.1) is 36.4 Å². The first-order valence-electron chi connectivity index (χ1n) is 7.45. The fraction of sp³-hybridized carbons (Fsp3) is 0.167. The number of nitrogens with one attached hydrogen (secondary N) is 1. The lowest BCUT2D eigenvalue weighted by Crippen LogP contribution is -2.10. The maximum Gasteiger partial charge on any atom is 0.417 e. The number of aromatic nitrogens is 1. The zero-order valence-corrected chi connectivity index (χ0v) is 15.0. The van der Waals surface area contributed by atoms with Gasteiger partial charge in [0.25, 0.3) is 0 Å². The molecule has 9 heteroatoms. The highest BCUT2D eigenvalue weighted by Crippen LogP contribution is 2.39. The average molecular weight is 402 g/mol. The number of alkyl halides is 3. The Labute approximate surface area is 157 Å². The summed E-state index contributed by atoms with van der Waals surface area (Å²) in [5.41, 5.74) is -2.22. The van der Waals surface area contributed by atoms with E-state index in [-0.39, 0.29) is 46.1 Å². The third-order valence-electron chi connectivity index (χ3n) is 3.98. The van der Waals surface area contributed by atoms with Crippen LogP contribution in [0.2, 0.25) is 0 Å². The minimum absolute atomic E-state index is 0. The Kier molecular flexibility index (Phi) is 5.60. The lowest BCUT2D eigenvalue weighted by atomic mass is 10.0. The number of pyridine rings is 1. The van der Waals surface area contributed by atoms with E-state index in [0.29, 0.717) is 0 Å². The second-order valence-electron chi connectivity index (χ2n) is 5.47. The van der Waals surface area contributed by atoms with Gasteiger partial charge in [-0.3, -0.25) is 4.79 Å². The highest BCUT2D eigenvalue weighted by atomic mass is 35.5. The molecule has 2 N–H and O–H groups in total. The van der Waals surface area contributed by atoms with Gasteiger partial charge in [0.15, 0.2) is 17.2 Å². The van der Waals surface area contributed by atoms with Crippen LogP contribution >= 0.6 is 12.4 Å². The molecule has 0 aliphatic heterocycles. The Morgan fingerprint density at radius 1 is 1.04 bits per heavy atom. The van der Waals surface area contributed by atoms with Gasteiger partial charge < -0.3 is 19.6 Å². The van der Waals surface area contributed by atoms with Crippen LogP contribution in [0.1, 0.15) is 5.56 Å². The molecule has 0 radical (unpaired) electrons. The van der Waals surface area contributed by atoms with Crippen LogP contribution in [0.4, 0.5) is 13.2 Å². The van der Waals surface area contributed by atoms with Gasteiger partial charge in [-0.25, -0.2) is 0 Å². The Balaban J connectivity index is 0.00000261. The SMILES string of the molecule is COc1cc2[nH]c(-c3ccccc3C(F)(F)F)c(O)c(=O)c2cc1OC.Cl. The van der Waals surface area contributed by atoms with Crippen LogP contribution in [0.25, 0.3) is 22.2 Å². The lowest BCUT2D eigenvalue weighted by Gasteiger charge is -2.15. The highest BCUT2D eigenvalue weighted by Gasteiger charge is 2.34. The van der Waals surface area contributed by atoms with Crippen LogP contribution in [0.3, 0.4) is 0 Å². The quantitative estimate of drug-likeness (QED) is 0.684. The molecule has 0 saturated carbocycles. The number of aromatic amines is 1. The molecule has 3 aromatic rings. The first-order valence-corrected chi connectivity index (χ1v) is 7.45. The summed E-state index contributed by atoms with van der Waals surface area (Å²) >= 11 is 0. The number of hydrogen-bond donors (Lipinski definition) is 2. The predicted molar refractivity (Wildman–Crippen MR) is 97.0 cm³/mol. The third-order valence-corrected chi connectivity index (χ3v) is 3.98. The maximum absolute atomic E-state index is 13.3. The lowest BCUT2D eigenvalue weighted by molar-refractivity contribution is -0.137. The van der Waals surface area contributed by atoms with Gasteiger partial charge in [-0.15, -0.1) is 12.4 Å². The van der Waals surface area contributed by atoms with Gasteiger partial charge in [0.1, 0.15) is 0 Å². The zero-order chi connectivity index (χ0) is 19.1. The largest absolute Gasteiger partial charge is 0.503 e. The van der Waals surface area contributed by atoms with Gasteiger partial charge in [0, 0.05) is 11.6 Å². The molecular formula is C18H15ClF3NO4. The molecule has 1 heterocycles. The number of fused-ring (bicyclic) bond motifs is 1. The van der Waals surface area contributed by atoms with Crippen molar-refractivity contribution in [3.8, 4) is 28.5 Å². The summed E-state index contributed by atoms with van der Waals surface area (Å²) in [6, 6.07) is 7.46. The summed E-state index contributed by atoms with van der Waals surface area (Å²) < 4.78 is 50.1. The number of methoxy groups -OCH3 is 2. The van der Waals surface area contributed by atoms with Crippen LogP contribution in [0, 0.1) is 0 Å². The normalized spacial score (nSPS) is 11.1. The summed E-state index contributed by atoms with van der Waals surface area (Å²) in [5.74, 6) is -0.258. The summed E-state index contributed by atoms with van der Waals surface area (Å²) in [6.07, 6.45) is -4.65. The van der Waals surface area contributed by atoms with Crippen LogP contribution < -0.4 is 14.9 Å². The number of halogens is 4. The van der Waals surface area contributed by atoms with E-state index in [9.17, 15) is 23.1 Å². The fourth-order valence-electron chi connectivity index (χ4n) is 2.75. The average Bonchev–Trinajstić information content (AvgIpc) is 2.63. The highest BCUT2D eigenvalue weighted by molar-refractivity contribution is 5.88. The fourth-order valence-corrected chi connectivity index (χ4v) is 2.75. The predicted octanol–water partition coefficient (Wildman–Crippen LogP) is 4.36. The molecule has 5 nitrogen and oxygen atoms in total.